The molecule has 0 amide bonds. The summed E-state index contributed by atoms with van der Waals surface area (Å²) in [5.41, 5.74) is 2.98. The highest BCUT2D eigenvalue weighted by Crippen LogP contribution is 2.42. The van der Waals surface area contributed by atoms with Crippen LogP contribution in [0.3, 0.4) is 0 Å². The van der Waals surface area contributed by atoms with Crippen LogP contribution in [0.15, 0.2) is 24.4 Å². The van der Waals surface area contributed by atoms with Crippen molar-refractivity contribution >= 4 is 5.97 Å². The molecule has 2 aromatic rings. The normalized spacial score (nSPS) is 14.2. The van der Waals surface area contributed by atoms with Crippen LogP contribution in [-0.2, 0) is 4.74 Å². The van der Waals surface area contributed by atoms with Gasteiger partial charge in [0.25, 0.3) is 0 Å². The van der Waals surface area contributed by atoms with E-state index in [-0.39, 0.29) is 11.8 Å². The molecular weight excluding hydrogens is 271 g/mol. The van der Waals surface area contributed by atoms with Crippen LogP contribution in [0.4, 0.5) is 4.39 Å². The number of rotatable bonds is 4. The Morgan fingerprint density at radius 1 is 1.48 bits per heavy atom. The molecule has 0 saturated heterocycles. The zero-order valence-electron chi connectivity index (χ0n) is 12.1. The van der Waals surface area contributed by atoms with E-state index in [0.29, 0.717) is 18.1 Å². The lowest BCUT2D eigenvalue weighted by Crippen LogP contribution is -2.09. The van der Waals surface area contributed by atoms with Crippen molar-refractivity contribution in [2.75, 3.05) is 6.61 Å². The smallest absolute Gasteiger partial charge is 0.341 e. The van der Waals surface area contributed by atoms with E-state index in [1.807, 2.05) is 6.92 Å². The zero-order valence-corrected chi connectivity index (χ0v) is 12.1. The second kappa shape index (κ2) is 5.31. The van der Waals surface area contributed by atoms with E-state index in [2.05, 4.69) is 5.10 Å². The maximum Gasteiger partial charge on any atom is 0.341 e. The molecule has 3 rings (SSSR count). The monoisotopic (exact) mass is 288 g/mol. The van der Waals surface area contributed by atoms with Crippen LogP contribution in [0.1, 0.15) is 47.3 Å². The molecule has 0 aliphatic heterocycles. The van der Waals surface area contributed by atoms with Crippen LogP contribution in [-0.4, -0.2) is 22.4 Å². The summed E-state index contributed by atoms with van der Waals surface area (Å²) in [7, 11) is 0. The average Bonchev–Trinajstić information content (AvgIpc) is 3.18. The molecule has 0 unspecified atom stereocenters. The van der Waals surface area contributed by atoms with E-state index in [1.165, 1.54) is 12.1 Å². The topological polar surface area (TPSA) is 44.1 Å². The Labute approximate surface area is 122 Å². The molecule has 1 saturated carbocycles. The van der Waals surface area contributed by atoms with E-state index in [0.717, 1.165) is 29.8 Å². The van der Waals surface area contributed by atoms with Gasteiger partial charge in [-0.05, 0) is 50.5 Å². The van der Waals surface area contributed by atoms with Gasteiger partial charge in [0.15, 0.2) is 0 Å². The summed E-state index contributed by atoms with van der Waals surface area (Å²) in [5.74, 6) is -0.288. The van der Waals surface area contributed by atoms with Gasteiger partial charge in [-0.2, -0.15) is 5.10 Å². The Kier molecular flexibility index (Phi) is 3.49. The number of esters is 1. The van der Waals surface area contributed by atoms with Gasteiger partial charge in [0.1, 0.15) is 11.4 Å². The Bertz CT molecular complexity index is 690. The molecular formula is C16H17FN2O2. The van der Waals surface area contributed by atoms with Gasteiger partial charge in [-0.1, -0.05) is 0 Å². The summed E-state index contributed by atoms with van der Waals surface area (Å²) in [6, 6.07) is 4.57. The number of aromatic nitrogens is 2. The maximum atomic E-state index is 13.3. The van der Waals surface area contributed by atoms with Crippen molar-refractivity contribution < 1.29 is 13.9 Å². The van der Waals surface area contributed by atoms with Gasteiger partial charge in [0, 0.05) is 5.92 Å². The molecule has 1 aromatic carbocycles. The van der Waals surface area contributed by atoms with E-state index in [1.54, 1.807) is 23.9 Å². The first-order chi connectivity index (χ1) is 10.1. The number of carbonyl (C=O) groups excluding carboxylic acids is 1. The molecule has 0 spiro atoms. The number of ether oxygens (including phenoxy) is 1. The van der Waals surface area contributed by atoms with Crippen molar-refractivity contribution in [2.45, 2.75) is 32.6 Å². The number of hydrogen-bond acceptors (Lipinski definition) is 3. The van der Waals surface area contributed by atoms with Gasteiger partial charge in [-0.15, -0.1) is 0 Å². The van der Waals surface area contributed by atoms with Crippen LogP contribution in [0.2, 0.25) is 0 Å². The highest BCUT2D eigenvalue weighted by Gasteiger charge is 2.33. The van der Waals surface area contributed by atoms with E-state index in [9.17, 15) is 9.18 Å². The van der Waals surface area contributed by atoms with Gasteiger partial charge in [-0.25, -0.2) is 13.9 Å². The average molecular weight is 288 g/mol. The number of aryl methyl sites for hydroxylation is 1. The molecule has 4 nitrogen and oxygen atoms in total. The molecule has 1 fully saturated rings. The van der Waals surface area contributed by atoms with Gasteiger partial charge in [-0.3, -0.25) is 0 Å². The summed E-state index contributed by atoms with van der Waals surface area (Å²) >= 11 is 0. The highest BCUT2D eigenvalue weighted by atomic mass is 19.1. The SMILES string of the molecule is CCOC(=O)c1cnn(-c2ccc(F)cc2C)c1C1CC1. The number of nitrogens with zero attached hydrogens (tertiary/aromatic N) is 2. The van der Waals surface area contributed by atoms with E-state index >= 15 is 0 Å². The molecule has 5 heteroatoms. The minimum absolute atomic E-state index is 0.276. The Balaban J connectivity index is 2.08. The van der Waals surface area contributed by atoms with Crippen molar-refractivity contribution in [2.24, 2.45) is 0 Å². The number of carbonyl (C=O) groups is 1. The third kappa shape index (κ3) is 2.55. The summed E-state index contributed by atoms with van der Waals surface area (Å²) in [5, 5.41) is 4.33. The molecule has 0 radical (unpaired) electrons. The Morgan fingerprint density at radius 3 is 2.86 bits per heavy atom. The van der Waals surface area contributed by atoms with Gasteiger partial charge < -0.3 is 4.74 Å². The maximum absolute atomic E-state index is 13.3. The summed E-state index contributed by atoms with van der Waals surface area (Å²) in [4.78, 5) is 12.0. The number of benzene rings is 1. The zero-order chi connectivity index (χ0) is 15.0. The second-order valence-corrected chi connectivity index (χ2v) is 5.28. The predicted octanol–water partition coefficient (Wildman–Crippen LogP) is 3.37. The lowest BCUT2D eigenvalue weighted by atomic mass is 10.1. The fraction of sp³-hybridized carbons (Fsp3) is 0.375. The standard InChI is InChI=1S/C16H17FN2O2/c1-3-21-16(20)13-9-18-19(15(13)11-4-5-11)14-7-6-12(17)8-10(14)2/h6-9,11H,3-5H2,1-2H3. The first-order valence-electron chi connectivity index (χ1n) is 7.13. The largest absolute Gasteiger partial charge is 0.462 e. The third-order valence-corrected chi connectivity index (χ3v) is 3.65. The van der Waals surface area contributed by atoms with Crippen LogP contribution in [0.25, 0.3) is 5.69 Å². The second-order valence-electron chi connectivity index (χ2n) is 5.28. The first kappa shape index (κ1) is 13.8. The summed E-state index contributed by atoms with van der Waals surface area (Å²) in [6.45, 7) is 3.95. The number of hydrogen-bond donors (Lipinski definition) is 0. The molecule has 1 aliphatic carbocycles. The van der Waals surface area contributed by atoms with Gasteiger partial charge >= 0.3 is 5.97 Å². The predicted molar refractivity (Wildman–Crippen MR) is 76.2 cm³/mol. The van der Waals surface area contributed by atoms with Crippen molar-refractivity contribution in [3.8, 4) is 5.69 Å². The van der Waals surface area contributed by atoms with Crippen LogP contribution in [0, 0.1) is 12.7 Å². The van der Waals surface area contributed by atoms with Crippen LogP contribution >= 0.6 is 0 Å². The molecule has 0 N–H and O–H groups in total. The van der Waals surface area contributed by atoms with E-state index in [4.69, 9.17) is 4.74 Å². The molecule has 110 valence electrons. The molecule has 1 heterocycles. The van der Waals surface area contributed by atoms with Crippen LogP contribution in [0.5, 0.6) is 0 Å². The minimum Gasteiger partial charge on any atom is -0.462 e. The lowest BCUT2D eigenvalue weighted by Gasteiger charge is -2.11. The van der Waals surface area contributed by atoms with Crippen molar-refractivity contribution in [3.63, 3.8) is 0 Å². The minimum atomic E-state index is -0.342. The van der Waals surface area contributed by atoms with Crippen LogP contribution < -0.4 is 0 Å². The fourth-order valence-corrected chi connectivity index (χ4v) is 2.52. The molecule has 1 aliphatic rings. The quantitative estimate of drug-likeness (QED) is 0.810. The molecule has 0 bridgehead atoms. The first-order valence-corrected chi connectivity index (χ1v) is 7.13. The lowest BCUT2D eigenvalue weighted by molar-refractivity contribution is 0.0525. The highest BCUT2D eigenvalue weighted by molar-refractivity contribution is 5.91. The van der Waals surface area contributed by atoms with Crippen molar-refractivity contribution in [1.82, 2.24) is 9.78 Å². The Hall–Kier alpha value is -2.17. The van der Waals surface area contributed by atoms with Gasteiger partial charge in [0.2, 0.25) is 0 Å². The molecule has 21 heavy (non-hydrogen) atoms. The molecule has 1 aromatic heterocycles. The summed E-state index contributed by atoms with van der Waals surface area (Å²) in [6.07, 6.45) is 3.63. The van der Waals surface area contributed by atoms with E-state index < -0.39 is 0 Å². The number of halogens is 1. The summed E-state index contributed by atoms with van der Waals surface area (Å²) < 4.78 is 20.1. The molecule has 0 atom stereocenters. The Morgan fingerprint density at radius 2 is 2.24 bits per heavy atom. The van der Waals surface area contributed by atoms with Gasteiger partial charge in [0.05, 0.1) is 24.2 Å². The van der Waals surface area contributed by atoms with Crippen molar-refractivity contribution in [3.05, 3.63) is 47.0 Å². The third-order valence-electron chi connectivity index (χ3n) is 3.65. The van der Waals surface area contributed by atoms with Crippen molar-refractivity contribution in [1.29, 1.82) is 0 Å². The fourth-order valence-electron chi connectivity index (χ4n) is 2.52.